The minimum Gasteiger partial charge on any atom is -0.497 e. The van der Waals surface area contributed by atoms with Crippen molar-refractivity contribution in [2.75, 3.05) is 39.8 Å². The van der Waals surface area contributed by atoms with Crippen LogP contribution >= 0.6 is 0 Å². The van der Waals surface area contributed by atoms with Crippen molar-refractivity contribution in [2.24, 2.45) is 0 Å². The molecular formula is C19H26F2N4O. The highest BCUT2D eigenvalue weighted by atomic mass is 19.1. The van der Waals surface area contributed by atoms with Gasteiger partial charge in [0, 0.05) is 69.8 Å². The zero-order valence-electron chi connectivity index (χ0n) is 15.6. The number of halogens is 2. The fraction of sp³-hybridized carbons (Fsp3) is 0.526. The molecule has 0 aliphatic carbocycles. The Morgan fingerprint density at radius 3 is 2.31 bits per heavy atom. The van der Waals surface area contributed by atoms with Crippen LogP contribution in [0.1, 0.15) is 13.8 Å². The van der Waals surface area contributed by atoms with Gasteiger partial charge >= 0.3 is 0 Å². The van der Waals surface area contributed by atoms with Gasteiger partial charge in [0.15, 0.2) is 0 Å². The van der Waals surface area contributed by atoms with E-state index in [-0.39, 0.29) is 11.3 Å². The molecule has 2 heterocycles. The van der Waals surface area contributed by atoms with E-state index >= 15 is 0 Å². The second kappa shape index (κ2) is 8.14. The van der Waals surface area contributed by atoms with Gasteiger partial charge in [0.2, 0.25) is 0 Å². The topological polar surface area (TPSA) is 33.5 Å². The smallest absolute Gasteiger partial charge is 0.145 e. The van der Waals surface area contributed by atoms with E-state index in [1.807, 2.05) is 4.57 Å². The minimum absolute atomic E-state index is 0.111. The number of hydrogen-bond donors (Lipinski definition) is 0. The predicted octanol–water partition coefficient (Wildman–Crippen LogP) is 2.86. The zero-order chi connectivity index (χ0) is 18.7. The Labute approximate surface area is 153 Å². The Kier molecular flexibility index (Phi) is 5.88. The predicted molar refractivity (Wildman–Crippen MR) is 97.3 cm³/mol. The third-order valence-electron chi connectivity index (χ3n) is 4.98. The van der Waals surface area contributed by atoms with Crippen molar-refractivity contribution in [3.63, 3.8) is 0 Å². The maximum Gasteiger partial charge on any atom is 0.145 e. The van der Waals surface area contributed by atoms with Crippen LogP contribution in [0, 0.1) is 11.6 Å². The van der Waals surface area contributed by atoms with E-state index < -0.39 is 11.6 Å². The van der Waals surface area contributed by atoms with Crippen molar-refractivity contribution in [3.05, 3.63) is 36.2 Å². The second-order valence-corrected chi connectivity index (χ2v) is 6.88. The van der Waals surface area contributed by atoms with Crippen LogP contribution in [0.4, 0.5) is 8.78 Å². The SMILES string of the molecule is COc1cc(F)c(-c2nccn2CCN2CCN(C(C)C)CC2)c(F)c1. The van der Waals surface area contributed by atoms with Gasteiger partial charge in [0.1, 0.15) is 23.2 Å². The Hall–Kier alpha value is -1.99. The molecule has 1 aromatic heterocycles. The fourth-order valence-corrected chi connectivity index (χ4v) is 3.35. The van der Waals surface area contributed by atoms with E-state index in [0.717, 1.165) is 32.7 Å². The molecule has 0 radical (unpaired) electrons. The Bertz CT molecular complexity index is 716. The third-order valence-corrected chi connectivity index (χ3v) is 4.98. The first-order chi connectivity index (χ1) is 12.5. The van der Waals surface area contributed by atoms with Gasteiger partial charge in [-0.25, -0.2) is 13.8 Å². The first-order valence-corrected chi connectivity index (χ1v) is 9.00. The fourth-order valence-electron chi connectivity index (χ4n) is 3.35. The summed E-state index contributed by atoms with van der Waals surface area (Å²) in [5.41, 5.74) is -0.111. The molecule has 0 unspecified atom stereocenters. The molecule has 3 rings (SSSR count). The summed E-state index contributed by atoms with van der Waals surface area (Å²) in [5, 5.41) is 0. The summed E-state index contributed by atoms with van der Waals surface area (Å²) in [4.78, 5) is 9.02. The van der Waals surface area contributed by atoms with Gasteiger partial charge < -0.3 is 9.30 Å². The molecule has 142 valence electrons. The molecule has 1 saturated heterocycles. The summed E-state index contributed by atoms with van der Waals surface area (Å²) < 4.78 is 35.5. The first-order valence-electron chi connectivity index (χ1n) is 9.00. The lowest BCUT2D eigenvalue weighted by atomic mass is 10.1. The average Bonchev–Trinajstić information content (AvgIpc) is 3.07. The Balaban J connectivity index is 1.69. The normalized spacial score (nSPS) is 16.4. The van der Waals surface area contributed by atoms with Crippen molar-refractivity contribution in [3.8, 4) is 17.1 Å². The molecule has 0 spiro atoms. The van der Waals surface area contributed by atoms with Crippen molar-refractivity contribution < 1.29 is 13.5 Å². The molecule has 0 bridgehead atoms. The van der Waals surface area contributed by atoms with Crippen LogP contribution in [0.15, 0.2) is 24.5 Å². The minimum atomic E-state index is -0.667. The molecule has 0 N–H and O–H groups in total. The highest BCUT2D eigenvalue weighted by Crippen LogP contribution is 2.28. The second-order valence-electron chi connectivity index (χ2n) is 6.88. The lowest BCUT2D eigenvalue weighted by Gasteiger charge is -2.37. The number of imidazole rings is 1. The van der Waals surface area contributed by atoms with Crippen molar-refractivity contribution in [1.29, 1.82) is 0 Å². The van der Waals surface area contributed by atoms with Gasteiger partial charge in [0.25, 0.3) is 0 Å². The maximum atomic E-state index is 14.4. The van der Waals surface area contributed by atoms with Gasteiger partial charge in [-0.3, -0.25) is 9.80 Å². The van der Waals surface area contributed by atoms with Gasteiger partial charge in [-0.1, -0.05) is 0 Å². The van der Waals surface area contributed by atoms with Crippen LogP contribution in [0.2, 0.25) is 0 Å². The van der Waals surface area contributed by atoms with Crippen LogP contribution < -0.4 is 4.74 Å². The summed E-state index contributed by atoms with van der Waals surface area (Å²) in [6.45, 7) is 10.0. The molecule has 5 nitrogen and oxygen atoms in total. The van der Waals surface area contributed by atoms with Crippen LogP contribution in [-0.2, 0) is 6.54 Å². The van der Waals surface area contributed by atoms with E-state index in [1.165, 1.54) is 19.2 Å². The number of hydrogen-bond acceptors (Lipinski definition) is 4. The van der Waals surface area contributed by atoms with E-state index in [1.54, 1.807) is 12.4 Å². The Morgan fingerprint density at radius 1 is 1.08 bits per heavy atom. The summed E-state index contributed by atoms with van der Waals surface area (Å²) >= 11 is 0. The quantitative estimate of drug-likeness (QED) is 0.789. The first kappa shape index (κ1) is 18.8. The summed E-state index contributed by atoms with van der Waals surface area (Å²) in [6, 6.07) is 2.93. The van der Waals surface area contributed by atoms with Crippen LogP contribution in [0.5, 0.6) is 5.75 Å². The number of rotatable bonds is 6. The van der Waals surface area contributed by atoms with Gasteiger partial charge in [0.05, 0.1) is 12.7 Å². The van der Waals surface area contributed by atoms with E-state index in [2.05, 4.69) is 28.6 Å². The average molecular weight is 364 g/mol. The van der Waals surface area contributed by atoms with E-state index in [0.29, 0.717) is 18.4 Å². The van der Waals surface area contributed by atoms with Crippen LogP contribution in [-0.4, -0.2) is 65.2 Å². The van der Waals surface area contributed by atoms with Crippen molar-refractivity contribution in [1.82, 2.24) is 19.4 Å². The highest BCUT2D eigenvalue weighted by Gasteiger charge is 2.21. The molecule has 1 fully saturated rings. The molecule has 1 aromatic carbocycles. The highest BCUT2D eigenvalue weighted by molar-refractivity contribution is 5.59. The molecule has 26 heavy (non-hydrogen) atoms. The number of methoxy groups -OCH3 is 1. The standard InChI is InChI=1S/C19H26F2N4O/c1-14(2)24-9-6-23(7-10-24)8-11-25-5-4-22-19(25)18-16(20)12-15(26-3)13-17(18)21/h4-5,12-14H,6-11H2,1-3H3. The maximum absolute atomic E-state index is 14.4. The van der Waals surface area contributed by atoms with Crippen LogP contribution in [0.25, 0.3) is 11.4 Å². The molecule has 2 aromatic rings. The molecular weight excluding hydrogens is 338 g/mol. The van der Waals surface area contributed by atoms with Gasteiger partial charge in [-0.2, -0.15) is 0 Å². The number of benzene rings is 1. The monoisotopic (exact) mass is 364 g/mol. The van der Waals surface area contributed by atoms with Crippen molar-refractivity contribution >= 4 is 0 Å². The molecule has 0 amide bonds. The van der Waals surface area contributed by atoms with Crippen LogP contribution in [0.3, 0.4) is 0 Å². The molecule has 0 atom stereocenters. The van der Waals surface area contributed by atoms with E-state index in [9.17, 15) is 8.78 Å². The number of nitrogens with zero attached hydrogens (tertiary/aromatic N) is 4. The number of piperazine rings is 1. The van der Waals surface area contributed by atoms with Gasteiger partial charge in [-0.15, -0.1) is 0 Å². The molecule has 7 heteroatoms. The molecule has 1 aliphatic rings. The summed E-state index contributed by atoms with van der Waals surface area (Å²) in [6.07, 6.45) is 3.35. The third kappa shape index (κ3) is 4.04. The lowest BCUT2D eigenvalue weighted by Crippen LogP contribution is -2.49. The summed E-state index contributed by atoms with van der Waals surface area (Å²) in [5.74, 6) is -0.868. The molecule has 1 aliphatic heterocycles. The van der Waals surface area contributed by atoms with Crippen molar-refractivity contribution in [2.45, 2.75) is 26.4 Å². The van der Waals surface area contributed by atoms with E-state index in [4.69, 9.17) is 4.74 Å². The zero-order valence-corrected chi connectivity index (χ0v) is 15.6. The Morgan fingerprint density at radius 2 is 1.73 bits per heavy atom. The molecule has 0 saturated carbocycles. The number of ether oxygens (including phenoxy) is 1. The summed E-state index contributed by atoms with van der Waals surface area (Å²) in [7, 11) is 1.38. The largest absolute Gasteiger partial charge is 0.497 e. The number of aromatic nitrogens is 2. The van der Waals surface area contributed by atoms with Gasteiger partial charge in [-0.05, 0) is 13.8 Å². The lowest BCUT2D eigenvalue weighted by molar-refractivity contribution is 0.106.